The Bertz CT molecular complexity index is 1530. The van der Waals surface area contributed by atoms with Crippen molar-refractivity contribution < 1.29 is 22.7 Å². The maximum Gasteiger partial charge on any atom is 0.344 e. The second-order valence-corrected chi connectivity index (χ2v) is 9.12. The molecule has 0 aliphatic rings. The van der Waals surface area contributed by atoms with Gasteiger partial charge in [-0.1, -0.05) is 36.4 Å². The molecule has 0 saturated carbocycles. The number of carbonyl (C=O) groups is 1. The molecule has 0 unspecified atom stereocenters. The molecule has 176 valence electrons. The third kappa shape index (κ3) is 5.57. The van der Waals surface area contributed by atoms with Crippen LogP contribution in [-0.2, 0) is 19.6 Å². The van der Waals surface area contributed by atoms with Crippen LogP contribution < -0.4 is 9.46 Å². The van der Waals surface area contributed by atoms with Gasteiger partial charge >= 0.3 is 5.97 Å². The smallest absolute Gasteiger partial charge is 0.344 e. The topological polar surface area (TPSA) is 118 Å². The number of nitrogens with one attached hydrogen (secondary N) is 1. The predicted octanol–water partition coefficient (Wildman–Crippen LogP) is 4.52. The first-order chi connectivity index (χ1) is 16.9. The summed E-state index contributed by atoms with van der Waals surface area (Å²) in [5.41, 5.74) is 2.56. The van der Waals surface area contributed by atoms with Gasteiger partial charge in [0.25, 0.3) is 10.0 Å². The van der Waals surface area contributed by atoms with Crippen LogP contribution in [-0.4, -0.2) is 32.6 Å². The van der Waals surface area contributed by atoms with Crippen molar-refractivity contribution in [2.45, 2.75) is 11.8 Å². The number of nitriles is 1. The number of aromatic nitrogens is 1. The molecule has 0 spiro atoms. The molecule has 0 radical (unpaired) electrons. The number of hydrogen-bond acceptors (Lipinski definition) is 7. The number of pyridine rings is 1. The fraction of sp³-hybridized carbons (Fsp3) is 0.115. The molecule has 8 nitrogen and oxygen atoms in total. The minimum Gasteiger partial charge on any atom is -0.481 e. The second-order valence-electron chi connectivity index (χ2n) is 7.44. The Morgan fingerprint density at radius 2 is 1.83 bits per heavy atom. The number of rotatable bonds is 8. The lowest BCUT2D eigenvalue weighted by Crippen LogP contribution is -2.15. The Labute approximate surface area is 202 Å². The van der Waals surface area contributed by atoms with E-state index in [4.69, 9.17) is 14.7 Å². The molecule has 0 saturated heterocycles. The lowest BCUT2D eigenvalue weighted by molar-refractivity contribution is -0.145. The Hall–Kier alpha value is -4.42. The average molecular weight is 488 g/mol. The zero-order valence-corrected chi connectivity index (χ0v) is 19.6. The van der Waals surface area contributed by atoms with Crippen LogP contribution in [0.25, 0.3) is 22.2 Å². The van der Waals surface area contributed by atoms with Crippen molar-refractivity contribution in [1.29, 1.82) is 5.26 Å². The molecule has 0 amide bonds. The van der Waals surface area contributed by atoms with Crippen LogP contribution in [0.2, 0.25) is 0 Å². The van der Waals surface area contributed by atoms with Gasteiger partial charge in [0.2, 0.25) is 0 Å². The summed E-state index contributed by atoms with van der Waals surface area (Å²) < 4.78 is 39.0. The van der Waals surface area contributed by atoms with Crippen LogP contribution in [0.3, 0.4) is 0 Å². The van der Waals surface area contributed by atoms with E-state index < -0.39 is 16.0 Å². The lowest BCUT2D eigenvalue weighted by atomic mass is 10.1. The molecule has 3 aromatic carbocycles. The highest BCUT2D eigenvalue weighted by Gasteiger charge is 2.17. The summed E-state index contributed by atoms with van der Waals surface area (Å²) in [6, 6.07) is 23.7. The minimum atomic E-state index is -3.95. The molecular weight excluding hydrogens is 466 g/mol. The van der Waals surface area contributed by atoms with E-state index in [1.54, 1.807) is 31.2 Å². The number of carbonyl (C=O) groups excluding carboxylic acids is 1. The Morgan fingerprint density at radius 1 is 1.03 bits per heavy atom. The van der Waals surface area contributed by atoms with Crippen molar-refractivity contribution in [3.8, 4) is 23.1 Å². The van der Waals surface area contributed by atoms with Crippen molar-refractivity contribution in [1.82, 2.24) is 4.98 Å². The number of fused-ring (bicyclic) bond motifs is 1. The average Bonchev–Trinajstić information content (AvgIpc) is 2.87. The van der Waals surface area contributed by atoms with Crippen LogP contribution in [0.5, 0.6) is 5.75 Å². The van der Waals surface area contributed by atoms with Crippen molar-refractivity contribution >= 4 is 32.6 Å². The van der Waals surface area contributed by atoms with Gasteiger partial charge in [-0.15, -0.1) is 0 Å². The van der Waals surface area contributed by atoms with E-state index in [1.165, 1.54) is 24.3 Å². The number of hydrogen-bond donors (Lipinski definition) is 1. The van der Waals surface area contributed by atoms with E-state index in [9.17, 15) is 13.2 Å². The Kier molecular flexibility index (Phi) is 6.94. The number of ether oxygens (including phenoxy) is 2. The van der Waals surface area contributed by atoms with Crippen molar-refractivity contribution in [2.24, 2.45) is 0 Å². The first-order valence-corrected chi connectivity index (χ1v) is 12.2. The molecule has 9 heteroatoms. The fourth-order valence-corrected chi connectivity index (χ4v) is 4.52. The highest BCUT2D eigenvalue weighted by molar-refractivity contribution is 7.92. The summed E-state index contributed by atoms with van der Waals surface area (Å²) in [6.07, 6.45) is 0. The normalized spacial score (nSPS) is 11.0. The molecule has 35 heavy (non-hydrogen) atoms. The van der Waals surface area contributed by atoms with Gasteiger partial charge in [-0.05, 0) is 43.3 Å². The molecule has 0 aliphatic carbocycles. The van der Waals surface area contributed by atoms with E-state index in [1.807, 2.05) is 36.4 Å². The van der Waals surface area contributed by atoms with Gasteiger partial charge in [0, 0.05) is 22.7 Å². The zero-order valence-electron chi connectivity index (χ0n) is 18.8. The molecular formula is C26H21N3O5S. The van der Waals surface area contributed by atoms with Crippen LogP contribution in [0.4, 0.5) is 5.69 Å². The summed E-state index contributed by atoms with van der Waals surface area (Å²) in [4.78, 5) is 16.5. The van der Waals surface area contributed by atoms with Gasteiger partial charge in [0.15, 0.2) is 6.61 Å². The van der Waals surface area contributed by atoms with E-state index in [-0.39, 0.29) is 29.4 Å². The number of benzene rings is 3. The maximum atomic E-state index is 12.9. The fourth-order valence-electron chi connectivity index (χ4n) is 3.42. The highest BCUT2D eigenvalue weighted by atomic mass is 32.2. The van der Waals surface area contributed by atoms with Gasteiger partial charge < -0.3 is 9.47 Å². The summed E-state index contributed by atoms with van der Waals surface area (Å²) in [5, 5.41) is 9.59. The first-order valence-electron chi connectivity index (χ1n) is 10.7. The molecule has 1 aromatic heterocycles. The Balaban J connectivity index is 1.73. The largest absolute Gasteiger partial charge is 0.481 e. The van der Waals surface area contributed by atoms with E-state index >= 15 is 0 Å². The van der Waals surface area contributed by atoms with E-state index in [0.29, 0.717) is 22.3 Å². The van der Waals surface area contributed by atoms with Gasteiger partial charge in [0.05, 0.1) is 34.3 Å². The van der Waals surface area contributed by atoms with Gasteiger partial charge in [-0.3, -0.25) is 4.72 Å². The molecule has 0 atom stereocenters. The highest BCUT2D eigenvalue weighted by Crippen LogP contribution is 2.32. The summed E-state index contributed by atoms with van der Waals surface area (Å²) >= 11 is 0. The molecule has 0 aliphatic heterocycles. The zero-order chi connectivity index (χ0) is 24.8. The summed E-state index contributed by atoms with van der Waals surface area (Å²) in [5.74, 6) is -0.164. The minimum absolute atomic E-state index is 0.0343. The molecule has 0 fully saturated rings. The summed E-state index contributed by atoms with van der Waals surface area (Å²) in [7, 11) is -3.95. The van der Waals surface area contributed by atoms with Crippen LogP contribution >= 0.6 is 0 Å². The second kappa shape index (κ2) is 10.2. The van der Waals surface area contributed by atoms with Crippen molar-refractivity contribution in [2.75, 3.05) is 17.9 Å². The summed E-state index contributed by atoms with van der Waals surface area (Å²) in [6.45, 7) is 1.63. The number of esters is 1. The van der Waals surface area contributed by atoms with Crippen molar-refractivity contribution in [3.63, 3.8) is 0 Å². The number of nitrogens with zero attached hydrogens (tertiary/aromatic N) is 2. The standard InChI is InChI=1S/C26H21N3O5S/c1-2-33-26(30)17-34-25-15-24(19-8-4-3-5-9-19)28-23-12-11-20(14-22(23)25)29-35(31,32)21-10-6-7-18(13-21)16-27/h3-15,29H,2,17H2,1H3. The molecule has 1 heterocycles. The molecule has 0 bridgehead atoms. The van der Waals surface area contributed by atoms with Gasteiger partial charge in [-0.2, -0.15) is 5.26 Å². The third-order valence-electron chi connectivity index (χ3n) is 5.02. The molecule has 1 N–H and O–H groups in total. The SMILES string of the molecule is CCOC(=O)COc1cc(-c2ccccc2)nc2ccc(NS(=O)(=O)c3cccc(C#N)c3)cc12. The van der Waals surface area contributed by atoms with Crippen LogP contribution in [0, 0.1) is 11.3 Å². The third-order valence-corrected chi connectivity index (χ3v) is 6.40. The van der Waals surface area contributed by atoms with Crippen LogP contribution in [0.15, 0.2) is 83.8 Å². The molecule has 4 aromatic rings. The number of anilines is 1. The molecule has 4 rings (SSSR count). The van der Waals surface area contributed by atoms with E-state index in [2.05, 4.69) is 9.71 Å². The van der Waals surface area contributed by atoms with Crippen LogP contribution in [0.1, 0.15) is 12.5 Å². The first kappa shape index (κ1) is 23.7. The number of sulfonamides is 1. The van der Waals surface area contributed by atoms with Gasteiger partial charge in [0.1, 0.15) is 5.75 Å². The Morgan fingerprint density at radius 3 is 2.57 bits per heavy atom. The van der Waals surface area contributed by atoms with E-state index in [0.717, 1.165) is 5.56 Å². The van der Waals surface area contributed by atoms with Gasteiger partial charge in [-0.25, -0.2) is 18.2 Å². The monoisotopic (exact) mass is 487 g/mol. The lowest BCUT2D eigenvalue weighted by Gasteiger charge is -2.13. The maximum absolute atomic E-state index is 12.9. The van der Waals surface area contributed by atoms with Crippen molar-refractivity contribution in [3.05, 3.63) is 84.4 Å². The quantitative estimate of drug-likeness (QED) is 0.363. The predicted molar refractivity (Wildman–Crippen MR) is 131 cm³/mol.